The molecule has 0 aliphatic rings. The average Bonchev–Trinajstić information content (AvgIpc) is 2.04. The standard InChI is InChI=1S/C7H7N3O/c1-9-6-2-3-10-7(11)5(6)4-8/h2-3H,1H3,(H2,9,10,11). The molecule has 11 heavy (non-hydrogen) atoms. The SMILES string of the molecule is CNc1cc[nH]c(=O)c1C#N. The molecule has 0 aliphatic heterocycles. The summed E-state index contributed by atoms with van der Waals surface area (Å²) in [5.74, 6) is 0. The van der Waals surface area contributed by atoms with Crippen LogP contribution in [-0.4, -0.2) is 12.0 Å². The Morgan fingerprint density at radius 2 is 2.45 bits per heavy atom. The number of hydrogen-bond donors (Lipinski definition) is 2. The van der Waals surface area contributed by atoms with Gasteiger partial charge in [0.05, 0.1) is 5.69 Å². The summed E-state index contributed by atoms with van der Waals surface area (Å²) >= 11 is 0. The van der Waals surface area contributed by atoms with Gasteiger partial charge in [-0.15, -0.1) is 0 Å². The molecule has 56 valence electrons. The van der Waals surface area contributed by atoms with E-state index >= 15 is 0 Å². The quantitative estimate of drug-likeness (QED) is 0.602. The third kappa shape index (κ3) is 1.22. The second-order valence-corrected chi connectivity index (χ2v) is 1.96. The van der Waals surface area contributed by atoms with Crippen molar-refractivity contribution >= 4 is 5.69 Å². The fraction of sp³-hybridized carbons (Fsp3) is 0.143. The van der Waals surface area contributed by atoms with Crippen LogP contribution < -0.4 is 10.9 Å². The number of nitriles is 1. The first kappa shape index (κ1) is 7.35. The lowest BCUT2D eigenvalue weighted by Gasteiger charge is -1.98. The molecule has 4 nitrogen and oxygen atoms in total. The minimum Gasteiger partial charge on any atom is -0.387 e. The molecule has 0 unspecified atom stereocenters. The second-order valence-electron chi connectivity index (χ2n) is 1.96. The van der Waals surface area contributed by atoms with Crippen LogP contribution in [0.2, 0.25) is 0 Å². The van der Waals surface area contributed by atoms with Crippen molar-refractivity contribution in [2.75, 3.05) is 12.4 Å². The van der Waals surface area contributed by atoms with Crippen LogP contribution in [0.25, 0.3) is 0 Å². The van der Waals surface area contributed by atoms with Crippen LogP contribution in [0.1, 0.15) is 5.56 Å². The van der Waals surface area contributed by atoms with Crippen LogP contribution in [-0.2, 0) is 0 Å². The molecule has 0 spiro atoms. The summed E-state index contributed by atoms with van der Waals surface area (Å²) in [4.78, 5) is 13.3. The maximum atomic E-state index is 10.9. The van der Waals surface area contributed by atoms with E-state index in [0.29, 0.717) is 5.69 Å². The van der Waals surface area contributed by atoms with Crippen LogP contribution in [0.3, 0.4) is 0 Å². The van der Waals surface area contributed by atoms with Gasteiger partial charge in [0.1, 0.15) is 11.6 Å². The lowest BCUT2D eigenvalue weighted by molar-refractivity contribution is 1.21. The summed E-state index contributed by atoms with van der Waals surface area (Å²) in [6.07, 6.45) is 1.50. The highest BCUT2D eigenvalue weighted by Gasteiger charge is 2.02. The zero-order valence-corrected chi connectivity index (χ0v) is 6.01. The molecule has 1 rings (SSSR count). The second kappa shape index (κ2) is 2.88. The Morgan fingerprint density at radius 3 is 2.91 bits per heavy atom. The van der Waals surface area contributed by atoms with Gasteiger partial charge in [0, 0.05) is 13.2 Å². The van der Waals surface area contributed by atoms with Crippen LogP contribution in [0, 0.1) is 11.3 Å². The monoisotopic (exact) mass is 149 g/mol. The van der Waals surface area contributed by atoms with Gasteiger partial charge in [-0.3, -0.25) is 4.79 Å². The first-order chi connectivity index (χ1) is 5.29. The molecule has 0 aromatic carbocycles. The predicted octanol–water partition coefficient (Wildman–Crippen LogP) is 0.288. The molecule has 0 atom stereocenters. The van der Waals surface area contributed by atoms with Crippen LogP contribution in [0.15, 0.2) is 17.1 Å². The summed E-state index contributed by atoms with van der Waals surface area (Å²) in [5, 5.41) is 11.3. The van der Waals surface area contributed by atoms with Crippen molar-refractivity contribution < 1.29 is 0 Å². The highest BCUT2D eigenvalue weighted by atomic mass is 16.1. The number of anilines is 1. The maximum Gasteiger partial charge on any atom is 0.267 e. The number of H-pyrrole nitrogens is 1. The van der Waals surface area contributed by atoms with E-state index < -0.39 is 0 Å². The Labute approximate surface area is 63.5 Å². The molecule has 0 saturated heterocycles. The van der Waals surface area contributed by atoms with Gasteiger partial charge in [-0.2, -0.15) is 5.26 Å². The molecule has 0 saturated carbocycles. The van der Waals surface area contributed by atoms with Gasteiger partial charge in [-0.1, -0.05) is 0 Å². The number of nitrogens with one attached hydrogen (secondary N) is 2. The average molecular weight is 149 g/mol. The van der Waals surface area contributed by atoms with Gasteiger partial charge in [-0.05, 0) is 6.07 Å². The van der Waals surface area contributed by atoms with Crippen molar-refractivity contribution in [2.24, 2.45) is 0 Å². The number of aromatic amines is 1. The fourth-order valence-electron chi connectivity index (χ4n) is 0.798. The van der Waals surface area contributed by atoms with Gasteiger partial charge in [0.25, 0.3) is 5.56 Å². The first-order valence-corrected chi connectivity index (χ1v) is 3.09. The highest BCUT2D eigenvalue weighted by Crippen LogP contribution is 2.05. The summed E-state index contributed by atoms with van der Waals surface area (Å²) < 4.78 is 0. The molecule has 1 heterocycles. The van der Waals surface area contributed by atoms with Crippen molar-refractivity contribution in [3.05, 3.63) is 28.2 Å². The van der Waals surface area contributed by atoms with Gasteiger partial charge in [-0.25, -0.2) is 0 Å². The molecule has 1 aromatic heterocycles. The Hall–Kier alpha value is -1.76. The third-order valence-electron chi connectivity index (χ3n) is 1.34. The van der Waals surface area contributed by atoms with Crippen molar-refractivity contribution in [3.8, 4) is 6.07 Å². The summed E-state index contributed by atoms with van der Waals surface area (Å²) in [5.41, 5.74) is 0.311. The first-order valence-electron chi connectivity index (χ1n) is 3.09. The Morgan fingerprint density at radius 1 is 1.73 bits per heavy atom. The molecule has 4 heteroatoms. The number of hydrogen-bond acceptors (Lipinski definition) is 3. The van der Waals surface area contributed by atoms with Crippen LogP contribution in [0.4, 0.5) is 5.69 Å². The Balaban J connectivity index is 3.40. The third-order valence-corrected chi connectivity index (χ3v) is 1.34. The van der Waals surface area contributed by atoms with Gasteiger partial charge >= 0.3 is 0 Å². The topological polar surface area (TPSA) is 68.7 Å². The molecule has 0 aliphatic carbocycles. The zero-order chi connectivity index (χ0) is 8.27. The van der Waals surface area contributed by atoms with E-state index in [9.17, 15) is 4.79 Å². The van der Waals surface area contributed by atoms with E-state index in [4.69, 9.17) is 5.26 Å². The van der Waals surface area contributed by atoms with Gasteiger partial charge in [0.15, 0.2) is 0 Å². The summed E-state index contributed by atoms with van der Waals surface area (Å²) in [6.45, 7) is 0. The number of pyridine rings is 1. The summed E-state index contributed by atoms with van der Waals surface area (Å²) in [6, 6.07) is 3.45. The van der Waals surface area contributed by atoms with E-state index in [0.717, 1.165) is 0 Å². The normalized spacial score (nSPS) is 8.73. The highest BCUT2D eigenvalue weighted by molar-refractivity contribution is 5.54. The smallest absolute Gasteiger partial charge is 0.267 e. The van der Waals surface area contributed by atoms with Crippen molar-refractivity contribution in [1.29, 1.82) is 5.26 Å². The van der Waals surface area contributed by atoms with E-state index in [2.05, 4.69) is 10.3 Å². The molecular formula is C7H7N3O. The molecule has 0 fully saturated rings. The largest absolute Gasteiger partial charge is 0.387 e. The summed E-state index contributed by atoms with van der Waals surface area (Å²) in [7, 11) is 1.66. The van der Waals surface area contributed by atoms with Gasteiger partial charge < -0.3 is 10.3 Å². The molecule has 0 radical (unpaired) electrons. The lowest BCUT2D eigenvalue weighted by Crippen LogP contribution is -2.11. The van der Waals surface area contributed by atoms with Crippen LogP contribution in [0.5, 0.6) is 0 Å². The van der Waals surface area contributed by atoms with E-state index in [-0.39, 0.29) is 11.1 Å². The molecule has 0 amide bonds. The van der Waals surface area contributed by atoms with Gasteiger partial charge in [0.2, 0.25) is 0 Å². The Kier molecular flexibility index (Phi) is 1.93. The Bertz CT molecular complexity index is 347. The molecular weight excluding hydrogens is 142 g/mol. The molecule has 0 bridgehead atoms. The van der Waals surface area contributed by atoms with E-state index in [1.807, 2.05) is 6.07 Å². The molecule has 1 aromatic rings. The minimum atomic E-state index is -0.362. The maximum absolute atomic E-state index is 10.9. The van der Waals surface area contributed by atoms with E-state index in [1.165, 1.54) is 6.20 Å². The molecule has 2 N–H and O–H groups in total. The number of nitrogens with zero attached hydrogens (tertiary/aromatic N) is 1. The van der Waals surface area contributed by atoms with E-state index in [1.54, 1.807) is 13.1 Å². The number of rotatable bonds is 1. The van der Waals surface area contributed by atoms with Crippen LogP contribution >= 0.6 is 0 Å². The zero-order valence-electron chi connectivity index (χ0n) is 6.01. The lowest BCUT2D eigenvalue weighted by atomic mass is 10.2. The fourth-order valence-corrected chi connectivity index (χ4v) is 0.798. The van der Waals surface area contributed by atoms with Crippen molar-refractivity contribution in [3.63, 3.8) is 0 Å². The predicted molar refractivity (Wildman–Crippen MR) is 41.3 cm³/mol. The number of aromatic nitrogens is 1. The van der Waals surface area contributed by atoms with Crippen molar-refractivity contribution in [1.82, 2.24) is 4.98 Å². The van der Waals surface area contributed by atoms with Crippen molar-refractivity contribution in [2.45, 2.75) is 0 Å². The minimum absolute atomic E-state index is 0.120.